The van der Waals surface area contributed by atoms with Crippen LogP contribution in [0.1, 0.15) is 28.4 Å². The third kappa shape index (κ3) is 2.04. The van der Waals surface area contributed by atoms with Crippen LogP contribution in [0.3, 0.4) is 0 Å². The first-order valence-corrected chi connectivity index (χ1v) is 5.24. The summed E-state index contributed by atoms with van der Waals surface area (Å²) in [4.78, 5) is 11.4. The Morgan fingerprint density at radius 3 is 2.87 bits per heavy atom. The highest BCUT2D eigenvalue weighted by atomic mass is 79.9. The lowest BCUT2D eigenvalue weighted by molar-refractivity contribution is -0.0716. The van der Waals surface area contributed by atoms with Crippen molar-refractivity contribution in [3.8, 4) is 0 Å². The predicted octanol–water partition coefficient (Wildman–Crippen LogP) is 1.36. The second-order valence-corrected chi connectivity index (χ2v) is 4.26. The number of cyclic esters (lactones) is 1. The van der Waals surface area contributed by atoms with Gasteiger partial charge in [-0.2, -0.15) is 0 Å². The number of aliphatic hydroxyl groups is 2. The van der Waals surface area contributed by atoms with Gasteiger partial charge in [0.2, 0.25) is 0 Å². The molecule has 0 spiro atoms. The van der Waals surface area contributed by atoms with E-state index in [1.165, 1.54) is 0 Å². The maximum atomic E-state index is 11.4. The summed E-state index contributed by atoms with van der Waals surface area (Å²) in [6.07, 6.45) is -2.03. The van der Waals surface area contributed by atoms with Crippen LogP contribution < -0.4 is 0 Å². The fourth-order valence-electron chi connectivity index (χ4n) is 1.61. The van der Waals surface area contributed by atoms with Gasteiger partial charge in [0.25, 0.3) is 0 Å². The Morgan fingerprint density at radius 2 is 2.20 bits per heavy atom. The van der Waals surface area contributed by atoms with Gasteiger partial charge < -0.3 is 14.9 Å². The Bertz CT molecular complexity index is 402. The fourth-order valence-corrected chi connectivity index (χ4v) is 1.97. The number of hydrogen-bond donors (Lipinski definition) is 2. The van der Waals surface area contributed by atoms with Crippen LogP contribution in [-0.2, 0) is 4.74 Å². The molecule has 1 heterocycles. The van der Waals surface area contributed by atoms with E-state index < -0.39 is 18.4 Å². The van der Waals surface area contributed by atoms with Crippen molar-refractivity contribution < 1.29 is 19.7 Å². The summed E-state index contributed by atoms with van der Waals surface area (Å²) in [5, 5.41) is 17.7. The number of hydrogen-bond acceptors (Lipinski definition) is 4. The number of carbonyl (C=O) groups is 1. The molecule has 0 radical (unpaired) electrons. The van der Waals surface area contributed by atoms with Crippen molar-refractivity contribution in [3.05, 3.63) is 33.8 Å². The average Bonchev–Trinajstić information content (AvgIpc) is 2.42. The number of fused-ring (bicyclic) bond motifs is 1. The SMILES string of the molecule is O=C1OC(CC(O)O)c2ccc(Br)cc21. The number of aliphatic hydroxyl groups excluding tert-OH is 1. The van der Waals surface area contributed by atoms with Gasteiger partial charge in [0.15, 0.2) is 6.29 Å². The minimum Gasteiger partial charge on any atom is -0.454 e. The van der Waals surface area contributed by atoms with Crippen LogP contribution in [0.5, 0.6) is 0 Å². The number of carbonyl (C=O) groups excluding carboxylic acids is 1. The number of halogens is 1. The number of rotatable bonds is 2. The van der Waals surface area contributed by atoms with E-state index in [-0.39, 0.29) is 6.42 Å². The Morgan fingerprint density at radius 1 is 1.47 bits per heavy atom. The molecule has 1 unspecified atom stereocenters. The lowest BCUT2D eigenvalue weighted by atomic mass is 10.0. The van der Waals surface area contributed by atoms with E-state index >= 15 is 0 Å². The summed E-state index contributed by atoms with van der Waals surface area (Å²) >= 11 is 3.26. The lowest BCUT2D eigenvalue weighted by Crippen LogP contribution is -2.11. The van der Waals surface area contributed by atoms with Crippen molar-refractivity contribution in [2.45, 2.75) is 18.8 Å². The monoisotopic (exact) mass is 272 g/mol. The molecule has 5 heteroatoms. The van der Waals surface area contributed by atoms with Crippen LogP contribution in [-0.4, -0.2) is 22.5 Å². The summed E-state index contributed by atoms with van der Waals surface area (Å²) in [7, 11) is 0. The Labute approximate surface area is 94.6 Å². The first-order chi connectivity index (χ1) is 7.08. The van der Waals surface area contributed by atoms with Crippen LogP contribution in [0.15, 0.2) is 22.7 Å². The van der Waals surface area contributed by atoms with Gasteiger partial charge in [0.1, 0.15) is 6.10 Å². The third-order valence-electron chi connectivity index (χ3n) is 2.26. The van der Waals surface area contributed by atoms with Gasteiger partial charge in [-0.1, -0.05) is 22.0 Å². The molecule has 0 amide bonds. The number of ether oxygens (including phenoxy) is 1. The summed E-state index contributed by atoms with van der Waals surface area (Å²) in [5.74, 6) is -0.419. The van der Waals surface area contributed by atoms with E-state index in [4.69, 9.17) is 14.9 Å². The van der Waals surface area contributed by atoms with E-state index in [9.17, 15) is 4.79 Å². The van der Waals surface area contributed by atoms with E-state index in [1.54, 1.807) is 18.2 Å². The fraction of sp³-hybridized carbons (Fsp3) is 0.300. The Kier molecular flexibility index (Phi) is 2.77. The largest absolute Gasteiger partial charge is 0.454 e. The number of esters is 1. The molecular formula is C10H9BrO4. The number of benzene rings is 1. The normalized spacial score (nSPS) is 19.2. The molecule has 0 fully saturated rings. The molecule has 0 aliphatic carbocycles. The van der Waals surface area contributed by atoms with E-state index in [1.807, 2.05) is 0 Å². The molecule has 1 aromatic carbocycles. The molecule has 1 aliphatic heterocycles. The van der Waals surface area contributed by atoms with Crippen LogP contribution in [0.25, 0.3) is 0 Å². The molecule has 0 aromatic heterocycles. The molecule has 2 rings (SSSR count). The van der Waals surface area contributed by atoms with Crippen LogP contribution in [0, 0.1) is 0 Å². The summed E-state index contributed by atoms with van der Waals surface area (Å²) in [5.41, 5.74) is 1.19. The minimum atomic E-state index is -1.47. The summed E-state index contributed by atoms with van der Waals surface area (Å²) in [6.45, 7) is 0. The van der Waals surface area contributed by atoms with Crippen molar-refractivity contribution in [1.29, 1.82) is 0 Å². The van der Waals surface area contributed by atoms with Crippen LogP contribution >= 0.6 is 15.9 Å². The molecule has 1 atom stereocenters. The zero-order valence-electron chi connectivity index (χ0n) is 7.68. The zero-order chi connectivity index (χ0) is 11.0. The van der Waals surface area contributed by atoms with Crippen molar-refractivity contribution in [2.24, 2.45) is 0 Å². The quantitative estimate of drug-likeness (QED) is 0.630. The van der Waals surface area contributed by atoms with Gasteiger partial charge in [0, 0.05) is 16.5 Å². The molecule has 80 valence electrons. The standard InChI is InChI=1S/C10H9BrO4/c11-5-1-2-6-7(3-5)10(14)15-8(6)4-9(12)13/h1-3,8-9,12-13H,4H2. The maximum Gasteiger partial charge on any atom is 0.339 e. The average molecular weight is 273 g/mol. The van der Waals surface area contributed by atoms with Crippen LogP contribution in [0.4, 0.5) is 0 Å². The molecule has 2 N–H and O–H groups in total. The second-order valence-electron chi connectivity index (χ2n) is 3.34. The van der Waals surface area contributed by atoms with Crippen molar-refractivity contribution in [2.75, 3.05) is 0 Å². The molecule has 1 aliphatic rings. The Hall–Kier alpha value is -0.910. The van der Waals surface area contributed by atoms with Gasteiger partial charge in [0.05, 0.1) is 5.56 Å². The molecule has 0 saturated heterocycles. The second kappa shape index (κ2) is 3.92. The topological polar surface area (TPSA) is 66.8 Å². The van der Waals surface area contributed by atoms with Crippen molar-refractivity contribution in [1.82, 2.24) is 0 Å². The highest BCUT2D eigenvalue weighted by molar-refractivity contribution is 9.10. The molecule has 0 bridgehead atoms. The molecule has 4 nitrogen and oxygen atoms in total. The van der Waals surface area contributed by atoms with Crippen molar-refractivity contribution in [3.63, 3.8) is 0 Å². The van der Waals surface area contributed by atoms with E-state index in [0.717, 1.165) is 4.47 Å². The maximum absolute atomic E-state index is 11.4. The first-order valence-electron chi connectivity index (χ1n) is 4.44. The van der Waals surface area contributed by atoms with Gasteiger partial charge in [-0.05, 0) is 12.1 Å². The van der Waals surface area contributed by atoms with Gasteiger partial charge >= 0.3 is 5.97 Å². The Balaban J connectivity index is 2.34. The zero-order valence-corrected chi connectivity index (χ0v) is 9.27. The summed E-state index contributed by atoms with van der Waals surface area (Å²) < 4.78 is 5.81. The molecule has 1 aromatic rings. The molecule has 15 heavy (non-hydrogen) atoms. The lowest BCUT2D eigenvalue weighted by Gasteiger charge is -2.11. The van der Waals surface area contributed by atoms with Gasteiger partial charge in [-0.15, -0.1) is 0 Å². The molecular weight excluding hydrogens is 264 g/mol. The smallest absolute Gasteiger partial charge is 0.339 e. The highest BCUT2D eigenvalue weighted by Crippen LogP contribution is 2.34. The van der Waals surface area contributed by atoms with Crippen molar-refractivity contribution >= 4 is 21.9 Å². The highest BCUT2D eigenvalue weighted by Gasteiger charge is 2.32. The van der Waals surface area contributed by atoms with Crippen LogP contribution in [0.2, 0.25) is 0 Å². The third-order valence-corrected chi connectivity index (χ3v) is 2.75. The van der Waals surface area contributed by atoms with E-state index in [0.29, 0.717) is 11.1 Å². The summed E-state index contributed by atoms with van der Waals surface area (Å²) in [6, 6.07) is 5.20. The van der Waals surface area contributed by atoms with Gasteiger partial charge in [-0.3, -0.25) is 0 Å². The minimum absolute atomic E-state index is 0.000369. The van der Waals surface area contributed by atoms with E-state index in [2.05, 4.69) is 15.9 Å². The molecule has 0 saturated carbocycles. The van der Waals surface area contributed by atoms with Gasteiger partial charge in [-0.25, -0.2) is 4.79 Å². The predicted molar refractivity (Wildman–Crippen MR) is 55.1 cm³/mol. The first kappa shape index (κ1) is 10.6.